The van der Waals surface area contributed by atoms with Crippen molar-refractivity contribution in [3.8, 4) is 6.07 Å². The summed E-state index contributed by atoms with van der Waals surface area (Å²) in [6.45, 7) is 0. The third-order valence-electron chi connectivity index (χ3n) is 1.01. The van der Waals surface area contributed by atoms with E-state index >= 15 is 0 Å². The van der Waals surface area contributed by atoms with Crippen molar-refractivity contribution < 1.29 is 9.53 Å². The van der Waals surface area contributed by atoms with Crippen LogP contribution >= 0.6 is 11.5 Å². The van der Waals surface area contributed by atoms with Gasteiger partial charge in [0.15, 0.2) is 5.69 Å². The van der Waals surface area contributed by atoms with Crippen molar-refractivity contribution in [2.24, 2.45) is 0 Å². The van der Waals surface area contributed by atoms with Crippen LogP contribution in [-0.2, 0) is 4.74 Å². The molecule has 4 nitrogen and oxygen atoms in total. The highest BCUT2D eigenvalue weighted by atomic mass is 32.1. The Bertz CT molecular complexity index is 313. The molecule has 1 rings (SSSR count). The van der Waals surface area contributed by atoms with Crippen LogP contribution in [0, 0.1) is 11.3 Å². The molecule has 0 radical (unpaired) electrons. The van der Waals surface area contributed by atoms with Gasteiger partial charge in [-0.05, 0) is 11.5 Å². The molecule has 0 aromatic carbocycles. The van der Waals surface area contributed by atoms with Gasteiger partial charge >= 0.3 is 5.97 Å². The maximum absolute atomic E-state index is 10.8. The van der Waals surface area contributed by atoms with E-state index in [-0.39, 0.29) is 5.69 Å². The van der Waals surface area contributed by atoms with Crippen molar-refractivity contribution in [2.75, 3.05) is 7.11 Å². The minimum absolute atomic E-state index is 0.189. The van der Waals surface area contributed by atoms with Gasteiger partial charge < -0.3 is 4.74 Å². The zero-order valence-corrected chi connectivity index (χ0v) is 6.51. The lowest BCUT2D eigenvalue weighted by Gasteiger charge is -1.89. The maximum atomic E-state index is 10.8. The number of ether oxygens (including phenoxy) is 1. The van der Waals surface area contributed by atoms with Crippen LogP contribution in [0.2, 0.25) is 0 Å². The molecule has 11 heavy (non-hydrogen) atoms. The lowest BCUT2D eigenvalue weighted by atomic mass is 10.4. The second-order valence-electron chi connectivity index (χ2n) is 1.68. The first-order valence-electron chi connectivity index (χ1n) is 2.73. The summed E-state index contributed by atoms with van der Waals surface area (Å²) in [5.41, 5.74) is 0.189. The van der Waals surface area contributed by atoms with Crippen molar-refractivity contribution in [3.63, 3.8) is 0 Å². The minimum atomic E-state index is -0.511. The molecule has 0 amide bonds. The third kappa shape index (κ3) is 1.53. The molecule has 5 heteroatoms. The van der Waals surface area contributed by atoms with E-state index in [1.165, 1.54) is 13.2 Å². The molecule has 0 saturated carbocycles. The van der Waals surface area contributed by atoms with E-state index in [0.717, 1.165) is 11.5 Å². The van der Waals surface area contributed by atoms with Gasteiger partial charge in [-0.15, -0.1) is 0 Å². The minimum Gasteiger partial charge on any atom is -0.464 e. The second-order valence-corrected chi connectivity index (χ2v) is 2.48. The quantitative estimate of drug-likeness (QED) is 0.582. The molecule has 1 heterocycles. The Morgan fingerprint density at radius 3 is 3.09 bits per heavy atom. The molecule has 0 unspecified atom stereocenters. The number of nitriles is 1. The van der Waals surface area contributed by atoms with Crippen LogP contribution in [0.25, 0.3) is 0 Å². The summed E-state index contributed by atoms with van der Waals surface area (Å²) in [6, 6.07) is 3.27. The summed E-state index contributed by atoms with van der Waals surface area (Å²) in [5, 5.41) is 8.37. The van der Waals surface area contributed by atoms with Gasteiger partial charge in [-0.25, -0.2) is 4.79 Å². The molecular weight excluding hydrogens is 164 g/mol. The number of carbonyl (C=O) groups is 1. The first-order chi connectivity index (χ1) is 5.27. The van der Waals surface area contributed by atoms with Crippen molar-refractivity contribution in [2.45, 2.75) is 0 Å². The first kappa shape index (κ1) is 7.69. The Morgan fingerprint density at radius 1 is 1.91 bits per heavy atom. The monoisotopic (exact) mass is 168 g/mol. The van der Waals surface area contributed by atoms with Crippen LogP contribution in [0.5, 0.6) is 0 Å². The summed E-state index contributed by atoms with van der Waals surface area (Å²) < 4.78 is 8.09. The summed E-state index contributed by atoms with van der Waals surface area (Å²) in [5.74, 6) is -0.511. The van der Waals surface area contributed by atoms with Crippen LogP contribution < -0.4 is 0 Å². The topological polar surface area (TPSA) is 63.0 Å². The van der Waals surface area contributed by atoms with E-state index in [0.29, 0.717) is 4.88 Å². The van der Waals surface area contributed by atoms with Gasteiger partial charge in [0.25, 0.3) is 0 Å². The molecule has 0 atom stereocenters. The molecule has 0 aliphatic heterocycles. The Balaban J connectivity index is 2.91. The van der Waals surface area contributed by atoms with Gasteiger partial charge in [0.2, 0.25) is 0 Å². The summed E-state index contributed by atoms with van der Waals surface area (Å²) in [7, 11) is 1.27. The number of esters is 1. The Hall–Kier alpha value is -1.41. The molecule has 0 aliphatic carbocycles. The standard InChI is InChI=1S/C6H4N2O2S/c1-10-6(9)5-2-4(3-7)11-8-5/h2H,1H3. The molecular formula is C6H4N2O2S. The average Bonchev–Trinajstić information content (AvgIpc) is 2.50. The van der Waals surface area contributed by atoms with E-state index in [1.807, 2.05) is 6.07 Å². The Labute approximate surface area is 67.2 Å². The SMILES string of the molecule is COC(=O)c1cc(C#N)sn1. The molecule has 1 aromatic rings. The van der Waals surface area contributed by atoms with Crippen molar-refractivity contribution >= 4 is 17.5 Å². The van der Waals surface area contributed by atoms with E-state index in [9.17, 15) is 4.79 Å². The van der Waals surface area contributed by atoms with Crippen molar-refractivity contribution in [3.05, 3.63) is 16.6 Å². The van der Waals surface area contributed by atoms with Crippen molar-refractivity contribution in [1.29, 1.82) is 5.26 Å². The molecule has 0 spiro atoms. The largest absolute Gasteiger partial charge is 0.464 e. The van der Waals surface area contributed by atoms with Gasteiger partial charge in [-0.1, -0.05) is 0 Å². The number of methoxy groups -OCH3 is 1. The number of nitrogens with zero attached hydrogens (tertiary/aromatic N) is 2. The third-order valence-corrected chi connectivity index (χ3v) is 1.71. The van der Waals surface area contributed by atoms with Gasteiger partial charge in [-0.2, -0.15) is 9.64 Å². The Morgan fingerprint density at radius 2 is 2.64 bits per heavy atom. The highest BCUT2D eigenvalue weighted by molar-refractivity contribution is 7.06. The highest BCUT2D eigenvalue weighted by Crippen LogP contribution is 2.08. The fourth-order valence-corrected chi connectivity index (χ4v) is 1.06. The fraction of sp³-hybridized carbons (Fsp3) is 0.167. The van der Waals surface area contributed by atoms with E-state index in [4.69, 9.17) is 5.26 Å². The molecule has 0 N–H and O–H groups in total. The van der Waals surface area contributed by atoms with E-state index in [2.05, 4.69) is 9.11 Å². The molecule has 0 saturated heterocycles. The van der Waals surface area contributed by atoms with Crippen LogP contribution in [0.15, 0.2) is 6.07 Å². The Kier molecular flexibility index (Phi) is 2.18. The summed E-state index contributed by atoms with van der Waals surface area (Å²) >= 11 is 0.981. The lowest BCUT2D eigenvalue weighted by molar-refractivity contribution is 0.0595. The number of rotatable bonds is 1. The summed E-state index contributed by atoms with van der Waals surface area (Å²) in [4.78, 5) is 11.2. The summed E-state index contributed by atoms with van der Waals surface area (Å²) in [6.07, 6.45) is 0. The van der Waals surface area contributed by atoms with Crippen molar-refractivity contribution in [1.82, 2.24) is 4.37 Å². The molecule has 0 aliphatic rings. The highest BCUT2D eigenvalue weighted by Gasteiger charge is 2.09. The van der Waals surface area contributed by atoms with Gasteiger partial charge in [0.1, 0.15) is 10.9 Å². The zero-order chi connectivity index (χ0) is 8.27. The fourth-order valence-electron chi connectivity index (χ4n) is 0.529. The predicted octanol–water partition coefficient (Wildman–Crippen LogP) is 0.801. The molecule has 56 valence electrons. The molecule has 0 fully saturated rings. The van der Waals surface area contributed by atoms with Crippen LogP contribution in [0.4, 0.5) is 0 Å². The normalized spacial score (nSPS) is 8.73. The number of hydrogen-bond acceptors (Lipinski definition) is 5. The predicted molar refractivity (Wildman–Crippen MR) is 38.2 cm³/mol. The van der Waals surface area contributed by atoms with E-state index in [1.54, 1.807) is 0 Å². The number of carbonyl (C=O) groups excluding carboxylic acids is 1. The molecule has 1 aromatic heterocycles. The molecule has 0 bridgehead atoms. The smallest absolute Gasteiger partial charge is 0.357 e. The van der Waals surface area contributed by atoms with Gasteiger partial charge in [0.05, 0.1) is 7.11 Å². The first-order valence-corrected chi connectivity index (χ1v) is 3.50. The van der Waals surface area contributed by atoms with Crippen LogP contribution in [0.1, 0.15) is 15.4 Å². The number of aromatic nitrogens is 1. The average molecular weight is 168 g/mol. The van der Waals surface area contributed by atoms with Gasteiger partial charge in [-0.3, -0.25) is 0 Å². The number of hydrogen-bond donors (Lipinski definition) is 0. The van der Waals surface area contributed by atoms with Crippen LogP contribution in [0.3, 0.4) is 0 Å². The van der Waals surface area contributed by atoms with E-state index < -0.39 is 5.97 Å². The van der Waals surface area contributed by atoms with Gasteiger partial charge in [0, 0.05) is 6.07 Å². The zero-order valence-electron chi connectivity index (χ0n) is 5.70. The maximum Gasteiger partial charge on any atom is 0.357 e. The lowest BCUT2D eigenvalue weighted by Crippen LogP contribution is -2.00. The second kappa shape index (κ2) is 3.12. The van der Waals surface area contributed by atoms with Crippen LogP contribution in [-0.4, -0.2) is 17.5 Å².